The largest absolute Gasteiger partial charge is 0.384 e. The van der Waals surface area contributed by atoms with Crippen molar-refractivity contribution < 1.29 is 0 Å². The molecule has 0 aliphatic heterocycles. The summed E-state index contributed by atoms with van der Waals surface area (Å²) < 4.78 is 0. The molecule has 14 heavy (non-hydrogen) atoms. The van der Waals surface area contributed by atoms with Gasteiger partial charge in [0.1, 0.15) is 5.82 Å². The van der Waals surface area contributed by atoms with Crippen LogP contribution >= 0.6 is 0 Å². The molecule has 0 atom stereocenters. The molecule has 0 amide bonds. The monoisotopic (exact) mass is 185 g/mol. The highest BCUT2D eigenvalue weighted by Crippen LogP contribution is 2.15. The summed E-state index contributed by atoms with van der Waals surface area (Å²) in [4.78, 5) is 8.57. The normalized spacial score (nSPS) is 10.1. The van der Waals surface area contributed by atoms with Crippen LogP contribution in [0.25, 0.3) is 11.4 Å². The second-order valence-electron chi connectivity index (χ2n) is 3.11. The molecule has 0 bridgehead atoms. The minimum Gasteiger partial charge on any atom is -0.384 e. The zero-order chi connectivity index (χ0) is 9.97. The number of nitrogens with two attached hydrogens (primary N) is 1. The summed E-state index contributed by atoms with van der Waals surface area (Å²) in [5.41, 5.74) is 8.25. The van der Waals surface area contributed by atoms with Gasteiger partial charge in [0.15, 0.2) is 0 Å². The number of nitrogens with zero attached hydrogens (tertiary/aromatic N) is 2. The predicted octanol–water partition coefficient (Wildman–Crippen LogP) is 2.03. The van der Waals surface area contributed by atoms with Gasteiger partial charge < -0.3 is 5.73 Å². The first-order valence-electron chi connectivity index (χ1n) is 4.42. The molecule has 2 N–H and O–H groups in total. The third-order valence-corrected chi connectivity index (χ3v) is 1.92. The van der Waals surface area contributed by atoms with Gasteiger partial charge in [-0.3, -0.25) is 4.98 Å². The maximum atomic E-state index is 5.60. The molecule has 2 heterocycles. The molecule has 3 nitrogen and oxygen atoms in total. The molecule has 0 aromatic carbocycles. The first kappa shape index (κ1) is 8.69. The van der Waals surface area contributed by atoms with Gasteiger partial charge in [-0.05, 0) is 31.2 Å². The van der Waals surface area contributed by atoms with Crippen LogP contribution in [0.1, 0.15) is 5.69 Å². The van der Waals surface area contributed by atoms with Gasteiger partial charge in [0.25, 0.3) is 0 Å². The van der Waals surface area contributed by atoms with E-state index in [1.807, 2.05) is 37.3 Å². The molecule has 0 aliphatic carbocycles. The van der Waals surface area contributed by atoms with E-state index in [0.29, 0.717) is 5.82 Å². The average Bonchev–Trinajstić information content (AvgIpc) is 2.18. The third kappa shape index (κ3) is 1.71. The Morgan fingerprint density at radius 1 is 0.929 bits per heavy atom. The van der Waals surface area contributed by atoms with E-state index in [2.05, 4.69) is 9.97 Å². The third-order valence-electron chi connectivity index (χ3n) is 1.92. The van der Waals surface area contributed by atoms with Crippen LogP contribution < -0.4 is 5.73 Å². The Kier molecular flexibility index (Phi) is 2.14. The van der Waals surface area contributed by atoms with E-state index in [1.54, 1.807) is 6.07 Å². The van der Waals surface area contributed by atoms with Crippen molar-refractivity contribution in [2.75, 3.05) is 5.73 Å². The quantitative estimate of drug-likeness (QED) is 0.739. The molecule has 0 aliphatic rings. The van der Waals surface area contributed by atoms with Crippen molar-refractivity contribution in [3.05, 3.63) is 42.1 Å². The topological polar surface area (TPSA) is 51.8 Å². The van der Waals surface area contributed by atoms with Crippen LogP contribution in [-0.4, -0.2) is 9.97 Å². The number of aromatic nitrogens is 2. The minimum absolute atomic E-state index is 0.519. The molecular formula is C11H11N3. The fourth-order valence-electron chi connectivity index (χ4n) is 1.28. The second-order valence-corrected chi connectivity index (χ2v) is 3.11. The van der Waals surface area contributed by atoms with Crippen molar-refractivity contribution in [1.82, 2.24) is 9.97 Å². The predicted molar refractivity (Wildman–Crippen MR) is 56.6 cm³/mol. The maximum absolute atomic E-state index is 5.60. The molecule has 70 valence electrons. The molecule has 0 spiro atoms. The van der Waals surface area contributed by atoms with Crippen LogP contribution in [0.2, 0.25) is 0 Å². The Hall–Kier alpha value is -1.90. The summed E-state index contributed by atoms with van der Waals surface area (Å²) in [5.74, 6) is 0.519. The summed E-state index contributed by atoms with van der Waals surface area (Å²) in [6.45, 7) is 1.95. The van der Waals surface area contributed by atoms with Gasteiger partial charge in [0, 0.05) is 5.69 Å². The number of hydrogen-bond acceptors (Lipinski definition) is 3. The molecular weight excluding hydrogens is 174 g/mol. The molecule has 0 saturated carbocycles. The van der Waals surface area contributed by atoms with Crippen molar-refractivity contribution >= 4 is 5.82 Å². The van der Waals surface area contributed by atoms with Gasteiger partial charge in [0.05, 0.1) is 11.4 Å². The highest BCUT2D eigenvalue weighted by molar-refractivity contribution is 5.56. The maximum Gasteiger partial charge on any atom is 0.124 e. The van der Waals surface area contributed by atoms with E-state index < -0.39 is 0 Å². The van der Waals surface area contributed by atoms with Crippen LogP contribution in [0.3, 0.4) is 0 Å². The van der Waals surface area contributed by atoms with Crippen molar-refractivity contribution in [3.8, 4) is 11.4 Å². The van der Waals surface area contributed by atoms with Crippen LogP contribution in [-0.2, 0) is 0 Å². The smallest absolute Gasteiger partial charge is 0.124 e. The van der Waals surface area contributed by atoms with Crippen LogP contribution in [0.15, 0.2) is 36.4 Å². The molecule has 3 heteroatoms. The number of anilines is 1. The molecule has 0 radical (unpaired) electrons. The second kappa shape index (κ2) is 3.46. The van der Waals surface area contributed by atoms with Crippen LogP contribution in [0, 0.1) is 6.92 Å². The van der Waals surface area contributed by atoms with Gasteiger partial charge in [-0.1, -0.05) is 12.1 Å². The van der Waals surface area contributed by atoms with Crippen molar-refractivity contribution in [2.45, 2.75) is 6.92 Å². The minimum atomic E-state index is 0.519. The zero-order valence-corrected chi connectivity index (χ0v) is 7.94. The fraction of sp³-hybridized carbons (Fsp3) is 0.0909. The van der Waals surface area contributed by atoms with E-state index in [1.165, 1.54) is 0 Å². The van der Waals surface area contributed by atoms with Gasteiger partial charge >= 0.3 is 0 Å². The van der Waals surface area contributed by atoms with Crippen LogP contribution in [0.4, 0.5) is 5.82 Å². The summed E-state index contributed by atoms with van der Waals surface area (Å²) in [7, 11) is 0. The molecule has 0 unspecified atom stereocenters. The Balaban J connectivity index is 2.49. The summed E-state index contributed by atoms with van der Waals surface area (Å²) in [5, 5.41) is 0. The van der Waals surface area contributed by atoms with Crippen molar-refractivity contribution in [3.63, 3.8) is 0 Å². The van der Waals surface area contributed by atoms with Crippen molar-refractivity contribution in [2.24, 2.45) is 0 Å². The van der Waals surface area contributed by atoms with Gasteiger partial charge in [-0.2, -0.15) is 0 Å². The standard InChI is InChI=1S/C11H11N3/c1-8-4-2-5-9(13-8)10-6-3-7-11(12)14-10/h2-7H,1H3,(H2,12,14). The summed E-state index contributed by atoms with van der Waals surface area (Å²) in [6.07, 6.45) is 0. The summed E-state index contributed by atoms with van der Waals surface area (Å²) in [6, 6.07) is 11.4. The SMILES string of the molecule is Cc1cccc(-c2cccc(N)n2)n1. The lowest BCUT2D eigenvalue weighted by atomic mass is 10.2. The van der Waals surface area contributed by atoms with Gasteiger partial charge in [-0.25, -0.2) is 4.98 Å². The number of pyridine rings is 2. The lowest BCUT2D eigenvalue weighted by Crippen LogP contribution is -1.93. The van der Waals surface area contributed by atoms with E-state index in [0.717, 1.165) is 17.1 Å². The molecule has 2 aromatic rings. The molecule has 0 fully saturated rings. The zero-order valence-electron chi connectivity index (χ0n) is 7.94. The lowest BCUT2D eigenvalue weighted by Gasteiger charge is -2.01. The Labute approximate surface area is 82.6 Å². The number of aryl methyl sites for hydroxylation is 1. The average molecular weight is 185 g/mol. The fourth-order valence-corrected chi connectivity index (χ4v) is 1.28. The Morgan fingerprint density at radius 2 is 1.57 bits per heavy atom. The number of rotatable bonds is 1. The highest BCUT2D eigenvalue weighted by Gasteiger charge is 2.00. The highest BCUT2D eigenvalue weighted by atomic mass is 14.9. The summed E-state index contributed by atoms with van der Waals surface area (Å²) >= 11 is 0. The Morgan fingerprint density at radius 3 is 2.21 bits per heavy atom. The van der Waals surface area contributed by atoms with E-state index in [9.17, 15) is 0 Å². The van der Waals surface area contributed by atoms with Crippen molar-refractivity contribution in [1.29, 1.82) is 0 Å². The molecule has 2 rings (SSSR count). The lowest BCUT2D eigenvalue weighted by molar-refractivity contribution is 1.18. The first-order valence-corrected chi connectivity index (χ1v) is 4.42. The van der Waals surface area contributed by atoms with Crippen LogP contribution in [0.5, 0.6) is 0 Å². The Bertz CT molecular complexity index is 408. The first-order chi connectivity index (χ1) is 6.75. The molecule has 2 aromatic heterocycles. The number of hydrogen-bond donors (Lipinski definition) is 1. The van der Waals surface area contributed by atoms with E-state index in [4.69, 9.17) is 5.73 Å². The molecule has 0 saturated heterocycles. The van der Waals surface area contributed by atoms with Gasteiger partial charge in [0.2, 0.25) is 0 Å². The van der Waals surface area contributed by atoms with Gasteiger partial charge in [-0.15, -0.1) is 0 Å². The van der Waals surface area contributed by atoms with E-state index >= 15 is 0 Å². The van der Waals surface area contributed by atoms with E-state index in [-0.39, 0.29) is 0 Å². The number of nitrogen functional groups attached to an aromatic ring is 1.